The van der Waals surface area contributed by atoms with Gasteiger partial charge in [-0.05, 0) is 36.6 Å². The van der Waals surface area contributed by atoms with Crippen molar-refractivity contribution < 1.29 is 13.2 Å². The summed E-state index contributed by atoms with van der Waals surface area (Å²) in [5, 5.41) is 6.63. The highest BCUT2D eigenvalue weighted by atomic mass is 32.2. The molecule has 0 atom stereocenters. The lowest BCUT2D eigenvalue weighted by molar-refractivity contribution is -0.113. The third-order valence-corrected chi connectivity index (χ3v) is 5.50. The van der Waals surface area contributed by atoms with E-state index in [1.165, 1.54) is 6.20 Å². The van der Waals surface area contributed by atoms with E-state index in [0.29, 0.717) is 24.3 Å². The Bertz CT molecular complexity index is 970. The van der Waals surface area contributed by atoms with Crippen LogP contribution in [0.3, 0.4) is 0 Å². The molecule has 0 aliphatic rings. The number of aromatic nitrogens is 3. The first-order valence-electron chi connectivity index (χ1n) is 8.52. The van der Waals surface area contributed by atoms with Gasteiger partial charge in [0.2, 0.25) is 5.91 Å². The molecule has 0 aliphatic heterocycles. The van der Waals surface area contributed by atoms with Crippen molar-refractivity contribution in [1.29, 1.82) is 0 Å². The number of hydrogen-bond acceptors (Lipinski definition) is 5. The summed E-state index contributed by atoms with van der Waals surface area (Å²) >= 11 is 0. The van der Waals surface area contributed by atoms with Crippen molar-refractivity contribution in [2.45, 2.75) is 12.8 Å². The molecular weight excluding hydrogens is 364 g/mol. The highest BCUT2D eigenvalue weighted by Gasteiger charge is 2.16. The fourth-order valence-corrected chi connectivity index (χ4v) is 3.81. The molecule has 1 amide bonds. The maximum atomic E-state index is 12.1. The van der Waals surface area contributed by atoms with Crippen molar-refractivity contribution in [2.24, 2.45) is 0 Å². The molecule has 0 bridgehead atoms. The van der Waals surface area contributed by atoms with Gasteiger partial charge in [0.1, 0.15) is 5.75 Å². The van der Waals surface area contributed by atoms with Crippen LogP contribution in [0.2, 0.25) is 0 Å². The summed E-state index contributed by atoms with van der Waals surface area (Å²) in [7, 11) is -3.46. The van der Waals surface area contributed by atoms with Gasteiger partial charge in [-0.3, -0.25) is 4.79 Å². The maximum Gasteiger partial charge on any atom is 0.239 e. The first kappa shape index (κ1) is 18.8. The predicted molar refractivity (Wildman–Crippen MR) is 103 cm³/mol. The molecule has 3 aromatic rings. The average molecular weight is 384 g/mol. The summed E-state index contributed by atoms with van der Waals surface area (Å²) in [6.45, 7) is 0. The Labute approximate surface area is 158 Å². The molecule has 27 heavy (non-hydrogen) atoms. The maximum absolute atomic E-state index is 12.1. The van der Waals surface area contributed by atoms with Crippen molar-refractivity contribution in [1.82, 2.24) is 14.8 Å². The van der Waals surface area contributed by atoms with Crippen LogP contribution < -0.4 is 5.32 Å². The zero-order chi connectivity index (χ0) is 19.1. The van der Waals surface area contributed by atoms with Crippen molar-refractivity contribution >= 4 is 21.4 Å². The van der Waals surface area contributed by atoms with Crippen molar-refractivity contribution in [3.8, 4) is 5.82 Å². The Kier molecular flexibility index (Phi) is 5.97. The Morgan fingerprint density at radius 3 is 2.56 bits per heavy atom. The second-order valence-electron chi connectivity index (χ2n) is 6.09. The molecule has 0 aliphatic carbocycles. The minimum atomic E-state index is -3.46. The number of carbonyl (C=O) groups excluding carboxylic acids is 1. The molecule has 8 heteroatoms. The van der Waals surface area contributed by atoms with Crippen LogP contribution in [0.4, 0.5) is 5.69 Å². The number of pyridine rings is 1. The molecular formula is C19H20N4O3S. The minimum absolute atomic E-state index is 0.0220. The lowest BCUT2D eigenvalue weighted by Gasteiger charge is -2.07. The summed E-state index contributed by atoms with van der Waals surface area (Å²) in [4.78, 5) is 16.2. The van der Waals surface area contributed by atoms with Gasteiger partial charge in [-0.15, -0.1) is 0 Å². The van der Waals surface area contributed by atoms with Gasteiger partial charge in [0, 0.05) is 12.4 Å². The van der Waals surface area contributed by atoms with E-state index in [9.17, 15) is 13.2 Å². The molecule has 0 radical (unpaired) electrons. The summed E-state index contributed by atoms with van der Waals surface area (Å²) in [6.07, 6.45) is 6.01. The number of sulfone groups is 1. The summed E-state index contributed by atoms with van der Waals surface area (Å²) in [5.41, 5.74) is 1.52. The Morgan fingerprint density at radius 1 is 1.07 bits per heavy atom. The number of carbonyl (C=O) groups is 1. The van der Waals surface area contributed by atoms with Crippen LogP contribution in [0, 0.1) is 0 Å². The van der Waals surface area contributed by atoms with Crippen molar-refractivity contribution in [2.75, 3.05) is 16.8 Å². The summed E-state index contributed by atoms with van der Waals surface area (Å²) < 4.78 is 25.9. The van der Waals surface area contributed by atoms with Crippen LogP contribution in [0.25, 0.3) is 5.82 Å². The van der Waals surface area contributed by atoms with Gasteiger partial charge in [0.05, 0.1) is 17.6 Å². The third-order valence-electron chi connectivity index (χ3n) is 3.89. The van der Waals surface area contributed by atoms with Gasteiger partial charge >= 0.3 is 0 Å². The van der Waals surface area contributed by atoms with Gasteiger partial charge in [0.25, 0.3) is 0 Å². The average Bonchev–Trinajstić information content (AvgIpc) is 3.17. The van der Waals surface area contributed by atoms with E-state index in [4.69, 9.17) is 0 Å². The monoisotopic (exact) mass is 384 g/mol. The number of nitrogens with one attached hydrogen (secondary N) is 1. The van der Waals surface area contributed by atoms with Gasteiger partial charge in [0.15, 0.2) is 15.7 Å². The highest BCUT2D eigenvalue weighted by molar-refractivity contribution is 7.92. The third kappa shape index (κ3) is 5.75. The number of amides is 1. The van der Waals surface area contributed by atoms with Crippen LogP contribution in [0.15, 0.2) is 67.1 Å². The molecule has 140 valence electrons. The van der Waals surface area contributed by atoms with Crippen LogP contribution >= 0.6 is 0 Å². The normalized spacial score (nSPS) is 11.3. The number of aryl methyl sites for hydroxylation is 1. The van der Waals surface area contributed by atoms with Crippen LogP contribution in [-0.4, -0.2) is 40.6 Å². The summed E-state index contributed by atoms with van der Waals surface area (Å²) in [5.74, 6) is -0.524. The lowest BCUT2D eigenvalue weighted by atomic mass is 10.1. The predicted octanol–water partition coefficient (Wildman–Crippen LogP) is 2.25. The van der Waals surface area contributed by atoms with Crippen molar-refractivity contribution in [3.63, 3.8) is 0 Å². The molecule has 2 heterocycles. The van der Waals surface area contributed by atoms with E-state index in [0.717, 1.165) is 5.56 Å². The summed E-state index contributed by atoms with van der Waals surface area (Å²) in [6, 6.07) is 14.8. The van der Waals surface area contributed by atoms with Crippen LogP contribution in [0.1, 0.15) is 12.0 Å². The number of hydrogen-bond donors (Lipinski definition) is 1. The van der Waals surface area contributed by atoms with E-state index >= 15 is 0 Å². The molecule has 0 spiro atoms. The number of benzene rings is 1. The molecule has 0 fully saturated rings. The van der Waals surface area contributed by atoms with Gasteiger partial charge < -0.3 is 5.32 Å². The molecule has 3 rings (SSSR count). The first-order valence-corrected chi connectivity index (χ1v) is 10.3. The number of anilines is 1. The zero-order valence-electron chi connectivity index (χ0n) is 14.7. The van der Waals surface area contributed by atoms with E-state index in [2.05, 4.69) is 15.4 Å². The quantitative estimate of drug-likeness (QED) is 0.643. The van der Waals surface area contributed by atoms with E-state index < -0.39 is 21.5 Å². The van der Waals surface area contributed by atoms with E-state index in [1.807, 2.05) is 30.3 Å². The SMILES string of the molecule is O=C(CS(=O)(=O)CCCc1ccccc1)Nc1ccc(-n2cccn2)nc1. The number of rotatable bonds is 8. The molecule has 1 aromatic carbocycles. The van der Waals surface area contributed by atoms with Gasteiger partial charge in [-0.25, -0.2) is 18.1 Å². The first-order chi connectivity index (χ1) is 13.0. The number of nitrogens with zero attached hydrogens (tertiary/aromatic N) is 3. The largest absolute Gasteiger partial charge is 0.324 e. The molecule has 7 nitrogen and oxygen atoms in total. The highest BCUT2D eigenvalue weighted by Crippen LogP contribution is 2.10. The molecule has 0 saturated carbocycles. The molecule has 2 aromatic heterocycles. The Hall–Kier alpha value is -3.00. The fraction of sp³-hybridized carbons (Fsp3) is 0.211. The van der Waals surface area contributed by atoms with E-state index in [-0.39, 0.29) is 5.75 Å². The Morgan fingerprint density at radius 2 is 1.89 bits per heavy atom. The smallest absolute Gasteiger partial charge is 0.239 e. The van der Waals surface area contributed by atoms with E-state index in [1.54, 1.807) is 35.3 Å². The lowest BCUT2D eigenvalue weighted by Crippen LogP contribution is -2.25. The topological polar surface area (TPSA) is 94.0 Å². The molecule has 0 saturated heterocycles. The Balaban J connectivity index is 1.49. The zero-order valence-corrected chi connectivity index (χ0v) is 15.5. The second kappa shape index (κ2) is 8.59. The van der Waals surface area contributed by atoms with Crippen LogP contribution in [0.5, 0.6) is 0 Å². The second-order valence-corrected chi connectivity index (χ2v) is 8.27. The fourth-order valence-electron chi connectivity index (χ4n) is 2.61. The van der Waals surface area contributed by atoms with Gasteiger partial charge in [-0.1, -0.05) is 30.3 Å². The standard InChI is InChI=1S/C19H20N4O3S/c24-19(15-27(25,26)13-4-8-16-6-2-1-3-7-16)22-17-9-10-18(20-14-17)23-12-5-11-21-23/h1-3,5-7,9-12,14H,4,8,13,15H2,(H,22,24). The van der Waals surface area contributed by atoms with Crippen LogP contribution in [-0.2, 0) is 21.1 Å². The molecule has 1 N–H and O–H groups in total. The van der Waals surface area contributed by atoms with Gasteiger partial charge in [-0.2, -0.15) is 5.10 Å². The minimum Gasteiger partial charge on any atom is -0.324 e. The van der Waals surface area contributed by atoms with Crippen molar-refractivity contribution in [3.05, 3.63) is 72.7 Å². The molecule has 0 unspecified atom stereocenters.